The van der Waals surface area contributed by atoms with Crippen LogP contribution in [-0.4, -0.2) is 30.4 Å². The van der Waals surface area contributed by atoms with Gasteiger partial charge in [0, 0.05) is 37.8 Å². The third-order valence-electron chi connectivity index (χ3n) is 4.09. The molecule has 2 rings (SSSR count). The highest BCUT2D eigenvalue weighted by Gasteiger charge is 2.22. The molecular formula is C16H25N3O. The van der Waals surface area contributed by atoms with Crippen molar-refractivity contribution in [1.82, 2.24) is 10.2 Å². The number of carbonyl (C=O) groups excluding carboxylic acids is 1. The molecule has 0 fully saturated rings. The van der Waals surface area contributed by atoms with Crippen LogP contribution < -0.4 is 11.1 Å². The number of anilines is 1. The van der Waals surface area contributed by atoms with Crippen molar-refractivity contribution in [2.24, 2.45) is 0 Å². The molecule has 1 unspecified atom stereocenters. The average Bonchev–Trinajstić information content (AvgIpc) is 2.82. The quantitative estimate of drug-likeness (QED) is 0.782. The van der Waals surface area contributed by atoms with E-state index in [2.05, 4.69) is 17.4 Å². The number of benzene rings is 1. The van der Waals surface area contributed by atoms with E-state index in [4.69, 9.17) is 5.73 Å². The maximum Gasteiger partial charge on any atom is 0.223 e. The third-order valence-corrected chi connectivity index (χ3v) is 4.09. The minimum absolute atomic E-state index is 0.234. The van der Waals surface area contributed by atoms with Crippen molar-refractivity contribution in [3.8, 4) is 0 Å². The van der Waals surface area contributed by atoms with Crippen molar-refractivity contribution in [3.63, 3.8) is 0 Å². The van der Waals surface area contributed by atoms with Crippen molar-refractivity contribution in [1.29, 1.82) is 0 Å². The number of fused-ring (bicyclic) bond motifs is 1. The number of carbonyl (C=O) groups is 1. The molecule has 4 nitrogen and oxygen atoms in total. The molecule has 3 N–H and O–H groups in total. The minimum Gasteiger partial charge on any atom is -0.399 e. The number of hydrogen-bond donors (Lipinski definition) is 2. The highest BCUT2D eigenvalue weighted by molar-refractivity contribution is 5.76. The summed E-state index contributed by atoms with van der Waals surface area (Å²) in [5.74, 6) is 0.234. The zero-order chi connectivity index (χ0) is 14.5. The van der Waals surface area contributed by atoms with Gasteiger partial charge in [-0.05, 0) is 49.9 Å². The molecule has 0 aliphatic heterocycles. The number of aryl methyl sites for hydroxylation is 1. The Kier molecular flexibility index (Phi) is 5.01. The first-order chi connectivity index (χ1) is 9.65. The smallest absolute Gasteiger partial charge is 0.223 e. The lowest BCUT2D eigenvalue weighted by molar-refractivity contribution is -0.130. The predicted octanol–water partition coefficient (Wildman–Crippen LogP) is 2.10. The van der Waals surface area contributed by atoms with Gasteiger partial charge in [-0.25, -0.2) is 0 Å². The second kappa shape index (κ2) is 6.75. The molecule has 20 heavy (non-hydrogen) atoms. The van der Waals surface area contributed by atoms with Gasteiger partial charge < -0.3 is 16.0 Å². The van der Waals surface area contributed by atoms with Gasteiger partial charge in [0.05, 0.1) is 0 Å². The number of nitrogens with zero attached hydrogens (tertiary/aromatic N) is 1. The summed E-state index contributed by atoms with van der Waals surface area (Å²) in [6.07, 6.45) is 2.74. The average molecular weight is 275 g/mol. The first kappa shape index (κ1) is 14.9. The Morgan fingerprint density at radius 1 is 1.40 bits per heavy atom. The van der Waals surface area contributed by atoms with E-state index in [9.17, 15) is 4.79 Å². The molecule has 1 amide bonds. The van der Waals surface area contributed by atoms with E-state index in [1.165, 1.54) is 11.1 Å². The van der Waals surface area contributed by atoms with E-state index in [1.54, 1.807) is 0 Å². The summed E-state index contributed by atoms with van der Waals surface area (Å²) in [6, 6.07) is 6.51. The highest BCUT2D eigenvalue weighted by Crippen LogP contribution is 2.32. The third kappa shape index (κ3) is 3.31. The second-order valence-corrected chi connectivity index (χ2v) is 5.32. The molecular weight excluding hydrogens is 250 g/mol. The van der Waals surface area contributed by atoms with Gasteiger partial charge in [-0.3, -0.25) is 4.79 Å². The number of nitrogens with two attached hydrogens (primary N) is 1. The molecule has 0 saturated heterocycles. The van der Waals surface area contributed by atoms with Crippen LogP contribution in [0.1, 0.15) is 43.9 Å². The van der Waals surface area contributed by atoms with Crippen LogP contribution in [0.25, 0.3) is 0 Å². The van der Waals surface area contributed by atoms with Crippen LogP contribution in [0.3, 0.4) is 0 Å². The molecule has 0 radical (unpaired) electrons. The van der Waals surface area contributed by atoms with Crippen LogP contribution in [-0.2, 0) is 11.2 Å². The van der Waals surface area contributed by atoms with Gasteiger partial charge in [0.15, 0.2) is 0 Å². The van der Waals surface area contributed by atoms with Crippen LogP contribution in [0.4, 0.5) is 5.69 Å². The summed E-state index contributed by atoms with van der Waals surface area (Å²) < 4.78 is 0. The van der Waals surface area contributed by atoms with Crippen LogP contribution in [0.5, 0.6) is 0 Å². The summed E-state index contributed by atoms with van der Waals surface area (Å²) >= 11 is 0. The van der Waals surface area contributed by atoms with Gasteiger partial charge >= 0.3 is 0 Å². The van der Waals surface area contributed by atoms with Gasteiger partial charge in [0.25, 0.3) is 0 Å². The Morgan fingerprint density at radius 2 is 2.15 bits per heavy atom. The Balaban J connectivity index is 1.84. The van der Waals surface area contributed by atoms with Gasteiger partial charge in [0.2, 0.25) is 5.91 Å². The Bertz CT molecular complexity index is 469. The van der Waals surface area contributed by atoms with E-state index in [0.29, 0.717) is 12.5 Å². The van der Waals surface area contributed by atoms with Crippen molar-refractivity contribution in [3.05, 3.63) is 29.3 Å². The molecule has 110 valence electrons. The lowest BCUT2D eigenvalue weighted by atomic mass is 10.1. The summed E-state index contributed by atoms with van der Waals surface area (Å²) in [5.41, 5.74) is 9.33. The van der Waals surface area contributed by atoms with Crippen molar-refractivity contribution in [2.45, 2.75) is 39.2 Å². The highest BCUT2D eigenvalue weighted by atomic mass is 16.2. The molecule has 0 saturated carbocycles. The van der Waals surface area contributed by atoms with Crippen LogP contribution in [0, 0.1) is 0 Å². The van der Waals surface area contributed by atoms with Crippen molar-refractivity contribution in [2.75, 3.05) is 25.4 Å². The largest absolute Gasteiger partial charge is 0.399 e. The molecule has 1 aliphatic rings. The molecule has 1 aliphatic carbocycles. The monoisotopic (exact) mass is 275 g/mol. The first-order valence-corrected chi connectivity index (χ1v) is 7.55. The van der Waals surface area contributed by atoms with E-state index >= 15 is 0 Å². The van der Waals surface area contributed by atoms with E-state index in [1.807, 2.05) is 24.8 Å². The fourth-order valence-corrected chi connectivity index (χ4v) is 2.94. The summed E-state index contributed by atoms with van der Waals surface area (Å²) in [7, 11) is 0. The number of nitrogens with one attached hydrogen (secondary N) is 1. The van der Waals surface area contributed by atoms with E-state index in [-0.39, 0.29) is 5.91 Å². The lowest BCUT2D eigenvalue weighted by Crippen LogP contribution is -2.33. The van der Waals surface area contributed by atoms with Crippen LogP contribution in [0.15, 0.2) is 18.2 Å². The Labute approximate surface area is 121 Å². The van der Waals surface area contributed by atoms with Gasteiger partial charge in [-0.15, -0.1) is 0 Å². The molecule has 0 bridgehead atoms. The standard InChI is InChI=1S/C16H25N3O/c1-3-19(4-2)16(20)9-10-18-15-8-5-12-11-13(17)6-7-14(12)15/h6-7,11,15,18H,3-5,8-10,17H2,1-2H3. The maximum atomic E-state index is 11.9. The number of hydrogen-bond acceptors (Lipinski definition) is 3. The van der Waals surface area contributed by atoms with Crippen molar-refractivity contribution < 1.29 is 4.79 Å². The summed E-state index contributed by atoms with van der Waals surface area (Å²) in [6.45, 7) is 6.37. The van der Waals surface area contributed by atoms with Crippen LogP contribution >= 0.6 is 0 Å². The SMILES string of the molecule is CCN(CC)C(=O)CCNC1CCc2cc(N)ccc21. The fraction of sp³-hybridized carbons (Fsp3) is 0.562. The van der Waals surface area contributed by atoms with E-state index < -0.39 is 0 Å². The zero-order valence-corrected chi connectivity index (χ0v) is 12.5. The fourth-order valence-electron chi connectivity index (χ4n) is 2.94. The molecule has 0 heterocycles. The second-order valence-electron chi connectivity index (χ2n) is 5.32. The predicted molar refractivity (Wildman–Crippen MR) is 82.5 cm³/mol. The normalized spacial score (nSPS) is 17.0. The van der Waals surface area contributed by atoms with Crippen LogP contribution in [0.2, 0.25) is 0 Å². The van der Waals surface area contributed by atoms with Gasteiger partial charge in [-0.1, -0.05) is 6.07 Å². The topological polar surface area (TPSA) is 58.4 Å². The summed E-state index contributed by atoms with van der Waals surface area (Å²) in [4.78, 5) is 13.8. The molecule has 0 aromatic heterocycles. The minimum atomic E-state index is 0.234. The summed E-state index contributed by atoms with van der Waals surface area (Å²) in [5, 5.41) is 3.50. The zero-order valence-electron chi connectivity index (χ0n) is 12.5. The Hall–Kier alpha value is -1.55. The molecule has 1 atom stereocenters. The molecule has 4 heteroatoms. The molecule has 1 aromatic carbocycles. The van der Waals surface area contributed by atoms with Gasteiger partial charge in [-0.2, -0.15) is 0 Å². The van der Waals surface area contributed by atoms with Crippen molar-refractivity contribution >= 4 is 11.6 Å². The van der Waals surface area contributed by atoms with E-state index in [0.717, 1.165) is 38.2 Å². The lowest BCUT2D eigenvalue weighted by Gasteiger charge is -2.20. The first-order valence-electron chi connectivity index (χ1n) is 7.55. The van der Waals surface area contributed by atoms with Gasteiger partial charge in [0.1, 0.15) is 0 Å². The number of rotatable bonds is 6. The Morgan fingerprint density at radius 3 is 2.85 bits per heavy atom. The molecule has 1 aromatic rings. The maximum absolute atomic E-state index is 11.9. The number of amides is 1. The number of nitrogen functional groups attached to an aromatic ring is 1. The molecule has 0 spiro atoms.